The Balaban J connectivity index is 3.39. The first-order valence-corrected chi connectivity index (χ1v) is 7.84. The van der Waals surface area contributed by atoms with Crippen molar-refractivity contribution in [3.8, 4) is 0 Å². The Morgan fingerprint density at radius 1 is 1.00 bits per heavy atom. The predicted molar refractivity (Wildman–Crippen MR) is 85.4 cm³/mol. The Kier molecular flexibility index (Phi) is 14.0. The van der Waals surface area contributed by atoms with Crippen molar-refractivity contribution in [1.82, 2.24) is 10.6 Å². The number of hydrogen-bond donors (Lipinski definition) is 2. The summed E-state index contributed by atoms with van der Waals surface area (Å²) >= 11 is 0. The molecule has 0 atom stereocenters. The zero-order valence-corrected chi connectivity index (χ0v) is 13.7. The third-order valence-corrected chi connectivity index (χ3v) is 2.69. The fourth-order valence-electron chi connectivity index (χ4n) is 1.55. The fraction of sp³-hybridized carbons (Fsp3) is 0.933. The summed E-state index contributed by atoms with van der Waals surface area (Å²) in [6.07, 6.45) is 4.63. The summed E-state index contributed by atoms with van der Waals surface area (Å²) in [5.74, 6) is 0.850. The first kappa shape index (κ1) is 19.2. The molecule has 0 aliphatic rings. The Bertz CT molecular complexity index is 233. The monoisotopic (exact) mass is 287 g/mol. The molecule has 5 heteroatoms. The number of nitrogens with one attached hydrogen (secondary N) is 2. The van der Waals surface area contributed by atoms with Gasteiger partial charge in [-0.05, 0) is 33.1 Å². The van der Waals surface area contributed by atoms with E-state index in [0.29, 0.717) is 6.10 Å². The molecule has 0 radical (unpaired) electrons. The van der Waals surface area contributed by atoms with E-state index in [1.807, 2.05) is 0 Å². The van der Waals surface area contributed by atoms with Gasteiger partial charge in [0.15, 0.2) is 5.96 Å². The van der Waals surface area contributed by atoms with Crippen molar-refractivity contribution in [2.24, 2.45) is 4.99 Å². The molecule has 0 rings (SSSR count). The van der Waals surface area contributed by atoms with Gasteiger partial charge in [-0.25, -0.2) is 0 Å². The lowest BCUT2D eigenvalue weighted by atomic mass is 10.4. The highest BCUT2D eigenvalue weighted by Gasteiger charge is 1.97. The van der Waals surface area contributed by atoms with E-state index in [-0.39, 0.29) is 0 Å². The van der Waals surface area contributed by atoms with Crippen molar-refractivity contribution in [2.45, 2.75) is 52.6 Å². The summed E-state index contributed by atoms with van der Waals surface area (Å²) in [6.45, 7) is 10.5. The summed E-state index contributed by atoms with van der Waals surface area (Å²) in [6, 6.07) is 0. The average Bonchev–Trinajstić information content (AvgIpc) is 2.43. The van der Waals surface area contributed by atoms with Gasteiger partial charge in [0.1, 0.15) is 0 Å². The van der Waals surface area contributed by atoms with Crippen molar-refractivity contribution in [1.29, 1.82) is 0 Å². The van der Waals surface area contributed by atoms with Crippen LogP contribution in [-0.4, -0.2) is 52.0 Å². The maximum Gasteiger partial charge on any atom is 0.190 e. The van der Waals surface area contributed by atoms with Crippen LogP contribution in [0.15, 0.2) is 4.99 Å². The van der Waals surface area contributed by atoms with Gasteiger partial charge < -0.3 is 20.1 Å². The number of guanidine groups is 1. The van der Waals surface area contributed by atoms with Gasteiger partial charge in [-0.3, -0.25) is 4.99 Å². The second kappa shape index (κ2) is 14.6. The topological polar surface area (TPSA) is 54.9 Å². The van der Waals surface area contributed by atoms with Gasteiger partial charge in [0.05, 0.1) is 6.10 Å². The molecule has 0 saturated heterocycles. The maximum absolute atomic E-state index is 5.51. The molecule has 0 aromatic heterocycles. The lowest BCUT2D eigenvalue weighted by molar-refractivity contribution is 0.0776. The number of aliphatic imine (C=N–C) groups is 1. The molecule has 0 fully saturated rings. The van der Waals surface area contributed by atoms with Crippen LogP contribution in [-0.2, 0) is 9.47 Å². The molecule has 0 saturated carbocycles. The lowest BCUT2D eigenvalue weighted by Gasteiger charge is -2.12. The highest BCUT2D eigenvalue weighted by Crippen LogP contribution is 1.90. The molecule has 2 N–H and O–H groups in total. The van der Waals surface area contributed by atoms with E-state index >= 15 is 0 Å². The minimum atomic E-state index is 0.306. The zero-order chi connectivity index (χ0) is 15.1. The molecule has 120 valence electrons. The summed E-state index contributed by atoms with van der Waals surface area (Å²) in [5, 5.41) is 6.55. The molecule has 0 heterocycles. The summed E-state index contributed by atoms with van der Waals surface area (Å²) < 4.78 is 11.0. The van der Waals surface area contributed by atoms with Gasteiger partial charge in [-0.15, -0.1) is 0 Å². The number of rotatable bonds is 12. The molecule has 0 bridgehead atoms. The molecule has 0 aliphatic carbocycles. The number of unbranched alkanes of at least 4 members (excludes halogenated alkanes) is 1. The summed E-state index contributed by atoms with van der Waals surface area (Å²) in [5.41, 5.74) is 0. The summed E-state index contributed by atoms with van der Waals surface area (Å²) in [7, 11) is 1.79. The Hall–Kier alpha value is -0.810. The van der Waals surface area contributed by atoms with E-state index in [1.165, 1.54) is 6.42 Å². The largest absolute Gasteiger partial charge is 0.381 e. The normalized spacial score (nSPS) is 11.9. The molecular formula is C15H33N3O2. The third-order valence-electron chi connectivity index (χ3n) is 2.69. The van der Waals surface area contributed by atoms with Crippen molar-refractivity contribution in [2.75, 3.05) is 40.0 Å². The van der Waals surface area contributed by atoms with Crippen LogP contribution in [0.3, 0.4) is 0 Å². The number of nitrogens with zero attached hydrogens (tertiary/aromatic N) is 1. The van der Waals surface area contributed by atoms with Crippen LogP contribution in [0.1, 0.15) is 46.5 Å². The molecular weight excluding hydrogens is 254 g/mol. The standard InChI is InChI=1S/C15H33N3O2/c1-5-6-11-19-12-7-9-17-15(16-4)18-10-8-13-20-14(2)3/h14H,5-13H2,1-4H3,(H2,16,17,18). The third kappa shape index (κ3) is 13.6. The fourth-order valence-corrected chi connectivity index (χ4v) is 1.55. The van der Waals surface area contributed by atoms with Crippen LogP contribution in [0, 0.1) is 0 Å². The number of hydrogen-bond acceptors (Lipinski definition) is 3. The van der Waals surface area contributed by atoms with Crippen molar-refractivity contribution in [3.05, 3.63) is 0 Å². The van der Waals surface area contributed by atoms with Gasteiger partial charge in [0.2, 0.25) is 0 Å². The first-order chi connectivity index (χ1) is 9.70. The van der Waals surface area contributed by atoms with Gasteiger partial charge in [-0.2, -0.15) is 0 Å². The van der Waals surface area contributed by atoms with Crippen molar-refractivity contribution in [3.63, 3.8) is 0 Å². The van der Waals surface area contributed by atoms with Crippen LogP contribution in [0.2, 0.25) is 0 Å². The molecule has 0 unspecified atom stereocenters. The average molecular weight is 287 g/mol. The first-order valence-electron chi connectivity index (χ1n) is 7.84. The highest BCUT2D eigenvalue weighted by atomic mass is 16.5. The van der Waals surface area contributed by atoms with Crippen LogP contribution >= 0.6 is 0 Å². The van der Waals surface area contributed by atoms with Gasteiger partial charge in [-0.1, -0.05) is 13.3 Å². The minimum absolute atomic E-state index is 0.306. The van der Waals surface area contributed by atoms with E-state index in [9.17, 15) is 0 Å². The molecule has 5 nitrogen and oxygen atoms in total. The summed E-state index contributed by atoms with van der Waals surface area (Å²) in [4.78, 5) is 4.18. The lowest BCUT2D eigenvalue weighted by Crippen LogP contribution is -2.38. The molecule has 0 aromatic carbocycles. The van der Waals surface area contributed by atoms with Crippen molar-refractivity contribution >= 4 is 5.96 Å². The molecule has 0 aliphatic heterocycles. The molecule has 0 spiro atoms. The van der Waals surface area contributed by atoms with Gasteiger partial charge >= 0.3 is 0 Å². The molecule has 20 heavy (non-hydrogen) atoms. The predicted octanol–water partition coefficient (Wildman–Crippen LogP) is 2.17. The maximum atomic E-state index is 5.51. The van der Waals surface area contributed by atoms with E-state index < -0.39 is 0 Å². The highest BCUT2D eigenvalue weighted by molar-refractivity contribution is 5.79. The van der Waals surface area contributed by atoms with Crippen LogP contribution < -0.4 is 10.6 Å². The quantitative estimate of drug-likeness (QED) is 0.328. The van der Waals surface area contributed by atoms with Crippen LogP contribution in [0.4, 0.5) is 0 Å². The second-order valence-corrected chi connectivity index (χ2v) is 5.02. The Morgan fingerprint density at radius 3 is 2.15 bits per heavy atom. The van der Waals surface area contributed by atoms with Crippen LogP contribution in [0.5, 0.6) is 0 Å². The van der Waals surface area contributed by atoms with E-state index in [1.54, 1.807) is 7.05 Å². The van der Waals surface area contributed by atoms with Gasteiger partial charge in [0.25, 0.3) is 0 Å². The molecule has 0 aromatic rings. The van der Waals surface area contributed by atoms with E-state index in [2.05, 4.69) is 36.4 Å². The molecule has 0 amide bonds. The van der Waals surface area contributed by atoms with Crippen LogP contribution in [0.25, 0.3) is 0 Å². The minimum Gasteiger partial charge on any atom is -0.381 e. The SMILES string of the molecule is CCCCOCCCNC(=NC)NCCCOC(C)C. The Labute approximate surface area is 124 Å². The van der Waals surface area contributed by atoms with Gasteiger partial charge in [0, 0.05) is 40.0 Å². The van der Waals surface area contributed by atoms with Crippen molar-refractivity contribution < 1.29 is 9.47 Å². The number of ether oxygens (including phenoxy) is 2. The zero-order valence-electron chi connectivity index (χ0n) is 13.7. The smallest absolute Gasteiger partial charge is 0.190 e. The van der Waals surface area contributed by atoms with E-state index in [4.69, 9.17) is 9.47 Å². The Morgan fingerprint density at radius 2 is 1.60 bits per heavy atom. The second-order valence-electron chi connectivity index (χ2n) is 5.02. The van der Waals surface area contributed by atoms with E-state index in [0.717, 1.165) is 58.1 Å².